The van der Waals surface area contributed by atoms with Gasteiger partial charge in [0, 0.05) is 0 Å². The summed E-state index contributed by atoms with van der Waals surface area (Å²) in [7, 11) is 5.37. The minimum absolute atomic E-state index is 0.165. The lowest BCUT2D eigenvalue weighted by atomic mass is 10.2. The van der Waals surface area contributed by atoms with Crippen LogP contribution < -0.4 is 0 Å². The van der Waals surface area contributed by atoms with Crippen molar-refractivity contribution in [3.8, 4) is 6.07 Å². The van der Waals surface area contributed by atoms with E-state index in [1.54, 1.807) is 13.8 Å². The highest BCUT2D eigenvalue weighted by molar-refractivity contribution is 7.12. The van der Waals surface area contributed by atoms with Gasteiger partial charge in [0.05, 0.1) is 15.6 Å². The minimum atomic E-state index is 0.165. The van der Waals surface area contributed by atoms with Gasteiger partial charge in [-0.1, -0.05) is 0 Å². The summed E-state index contributed by atoms with van der Waals surface area (Å²) in [4.78, 5) is 17.5. The first kappa shape index (κ1) is 15.1. The van der Waals surface area contributed by atoms with E-state index in [0.717, 1.165) is 10.7 Å². The van der Waals surface area contributed by atoms with Crippen LogP contribution in [0.15, 0.2) is 0 Å². The molecule has 0 spiro atoms. The lowest BCUT2D eigenvalue weighted by molar-refractivity contribution is 0.575. The molecule has 0 atom stereocenters. The Bertz CT molecular complexity index is 742. The molecule has 2 rings (SSSR count). The smallest absolute Gasteiger partial charge is 0.374 e. The number of thiazole rings is 1. The molecule has 0 unspecified atom stereocenters. The zero-order valence-corrected chi connectivity index (χ0v) is 12.9. The molecule has 2 radical (unpaired) electrons. The van der Waals surface area contributed by atoms with Crippen LogP contribution in [0.3, 0.4) is 0 Å². The van der Waals surface area contributed by atoms with Crippen LogP contribution in [0.2, 0.25) is 0 Å². The second-order valence-electron chi connectivity index (χ2n) is 4.33. The Balaban J connectivity index is 2.70. The SMILES string of the molecule is [B]OC(=C(C#N)c1nc(C)nc(C)n1)c1sc(C)nc1C. The van der Waals surface area contributed by atoms with E-state index in [-0.39, 0.29) is 17.2 Å². The van der Waals surface area contributed by atoms with Crippen LogP contribution in [0, 0.1) is 39.0 Å². The third-order valence-electron chi connectivity index (χ3n) is 2.65. The minimum Gasteiger partial charge on any atom is -0.566 e. The molecule has 8 heteroatoms. The lowest BCUT2D eigenvalue weighted by Gasteiger charge is -2.09. The van der Waals surface area contributed by atoms with Gasteiger partial charge in [0.15, 0.2) is 5.82 Å². The predicted octanol–water partition coefficient (Wildman–Crippen LogP) is 2.05. The van der Waals surface area contributed by atoms with Gasteiger partial charge >= 0.3 is 8.05 Å². The Morgan fingerprint density at radius 3 is 2.14 bits per heavy atom. The normalized spacial score (nSPS) is 11.8. The summed E-state index contributed by atoms with van der Waals surface area (Å²) in [5.74, 6) is 1.52. The zero-order chi connectivity index (χ0) is 15.6. The van der Waals surface area contributed by atoms with Gasteiger partial charge in [-0.15, -0.1) is 11.3 Å². The second-order valence-corrected chi connectivity index (χ2v) is 5.54. The molecule has 0 fully saturated rings. The number of hydrogen-bond donors (Lipinski definition) is 0. The van der Waals surface area contributed by atoms with Gasteiger partial charge in [0.1, 0.15) is 29.1 Å². The van der Waals surface area contributed by atoms with Crippen molar-refractivity contribution in [2.75, 3.05) is 0 Å². The topological polar surface area (TPSA) is 84.6 Å². The maximum atomic E-state index is 9.46. The van der Waals surface area contributed by atoms with Crippen LogP contribution in [0.1, 0.15) is 33.1 Å². The largest absolute Gasteiger partial charge is 0.566 e. The number of nitrogens with zero attached hydrogens (tertiary/aromatic N) is 5. The second kappa shape index (κ2) is 6.02. The van der Waals surface area contributed by atoms with E-state index in [4.69, 9.17) is 12.7 Å². The summed E-state index contributed by atoms with van der Waals surface area (Å²) in [6.07, 6.45) is 0. The summed E-state index contributed by atoms with van der Waals surface area (Å²) < 4.78 is 4.94. The standard InChI is InChI=1S/C13H12BN5OS/c1-6-12(21-9(4)16-6)11(20-14)10(5-15)13-18-7(2)17-8(3)19-13/h1-4H3. The molecule has 0 bridgehead atoms. The van der Waals surface area contributed by atoms with Crippen molar-refractivity contribution >= 4 is 30.7 Å². The van der Waals surface area contributed by atoms with Crippen LogP contribution in [-0.2, 0) is 4.65 Å². The summed E-state index contributed by atoms with van der Waals surface area (Å²) >= 11 is 1.40. The number of rotatable bonds is 3. The van der Waals surface area contributed by atoms with E-state index in [1.165, 1.54) is 11.3 Å². The molecule has 0 saturated carbocycles. The Hall–Kier alpha value is -2.27. The highest BCUT2D eigenvalue weighted by Gasteiger charge is 2.19. The summed E-state index contributed by atoms with van der Waals surface area (Å²) in [5, 5.41) is 10.3. The van der Waals surface area contributed by atoms with Crippen molar-refractivity contribution in [3.05, 3.63) is 33.1 Å². The monoisotopic (exact) mass is 297 g/mol. The zero-order valence-electron chi connectivity index (χ0n) is 12.1. The van der Waals surface area contributed by atoms with Gasteiger partial charge in [-0.25, -0.2) is 19.9 Å². The average Bonchev–Trinajstić information content (AvgIpc) is 2.73. The maximum absolute atomic E-state index is 9.46. The maximum Gasteiger partial charge on any atom is 0.374 e. The molecule has 0 amide bonds. The first-order valence-corrected chi connectivity index (χ1v) is 6.93. The molecule has 2 aromatic rings. The summed E-state index contributed by atoms with van der Waals surface area (Å²) in [5.41, 5.74) is 0.908. The molecule has 0 aromatic carbocycles. The Morgan fingerprint density at radius 1 is 1.10 bits per heavy atom. The van der Waals surface area contributed by atoms with Crippen LogP contribution in [0.4, 0.5) is 0 Å². The molecular formula is C13H12BN5OS. The first-order chi connectivity index (χ1) is 9.96. The Labute approximate surface area is 128 Å². The van der Waals surface area contributed by atoms with Gasteiger partial charge in [-0.2, -0.15) is 5.26 Å². The van der Waals surface area contributed by atoms with E-state index in [9.17, 15) is 5.26 Å². The highest BCUT2D eigenvalue weighted by Crippen LogP contribution is 2.31. The molecule has 0 N–H and O–H groups in total. The Morgan fingerprint density at radius 2 is 1.71 bits per heavy atom. The van der Waals surface area contributed by atoms with E-state index < -0.39 is 0 Å². The quantitative estimate of drug-likeness (QED) is 0.490. The number of hydrogen-bond acceptors (Lipinski definition) is 7. The van der Waals surface area contributed by atoms with Gasteiger partial charge in [0.2, 0.25) is 0 Å². The number of nitriles is 1. The van der Waals surface area contributed by atoms with Gasteiger partial charge in [0.25, 0.3) is 0 Å². The molecule has 0 aliphatic carbocycles. The molecule has 2 aromatic heterocycles. The lowest BCUT2D eigenvalue weighted by Crippen LogP contribution is -2.04. The molecule has 0 saturated heterocycles. The van der Waals surface area contributed by atoms with Crippen molar-refractivity contribution in [2.45, 2.75) is 27.7 Å². The van der Waals surface area contributed by atoms with Crippen LogP contribution in [0.5, 0.6) is 0 Å². The summed E-state index contributed by atoms with van der Waals surface area (Å²) in [6, 6.07) is 2.06. The molecule has 104 valence electrons. The van der Waals surface area contributed by atoms with Crippen molar-refractivity contribution in [1.82, 2.24) is 19.9 Å². The number of aromatic nitrogens is 4. The molecule has 21 heavy (non-hydrogen) atoms. The third kappa shape index (κ3) is 3.08. The summed E-state index contributed by atoms with van der Waals surface area (Å²) in [6.45, 7) is 7.17. The molecule has 2 heterocycles. The van der Waals surface area contributed by atoms with E-state index in [0.29, 0.717) is 16.5 Å². The van der Waals surface area contributed by atoms with Crippen molar-refractivity contribution in [3.63, 3.8) is 0 Å². The van der Waals surface area contributed by atoms with E-state index in [1.807, 2.05) is 13.8 Å². The van der Waals surface area contributed by atoms with E-state index in [2.05, 4.69) is 26.0 Å². The van der Waals surface area contributed by atoms with Crippen LogP contribution >= 0.6 is 11.3 Å². The third-order valence-corrected chi connectivity index (χ3v) is 3.72. The predicted molar refractivity (Wildman–Crippen MR) is 80.2 cm³/mol. The fraction of sp³-hybridized carbons (Fsp3) is 0.308. The van der Waals surface area contributed by atoms with Gasteiger partial charge < -0.3 is 4.65 Å². The van der Waals surface area contributed by atoms with Crippen molar-refractivity contribution in [1.29, 1.82) is 5.26 Å². The molecule has 6 nitrogen and oxygen atoms in total. The highest BCUT2D eigenvalue weighted by atomic mass is 32.1. The number of aryl methyl sites for hydroxylation is 4. The average molecular weight is 297 g/mol. The van der Waals surface area contributed by atoms with Crippen LogP contribution in [0.25, 0.3) is 11.3 Å². The van der Waals surface area contributed by atoms with Gasteiger partial charge in [-0.05, 0) is 27.7 Å². The van der Waals surface area contributed by atoms with Crippen molar-refractivity contribution < 1.29 is 4.65 Å². The molecule has 0 aliphatic rings. The Kier molecular flexibility index (Phi) is 4.33. The first-order valence-electron chi connectivity index (χ1n) is 6.11. The van der Waals surface area contributed by atoms with Crippen molar-refractivity contribution in [2.24, 2.45) is 0 Å². The fourth-order valence-corrected chi connectivity index (χ4v) is 2.81. The number of allylic oxidation sites excluding steroid dienone is 1. The van der Waals surface area contributed by atoms with Crippen LogP contribution in [-0.4, -0.2) is 28.0 Å². The molecular weight excluding hydrogens is 285 g/mol. The fourth-order valence-electron chi connectivity index (χ4n) is 1.90. The van der Waals surface area contributed by atoms with E-state index >= 15 is 0 Å². The van der Waals surface area contributed by atoms with Gasteiger partial charge in [-0.3, -0.25) is 0 Å². The molecule has 0 aliphatic heterocycles.